The van der Waals surface area contributed by atoms with Crippen molar-refractivity contribution in [2.75, 3.05) is 11.6 Å². The SMILES string of the molecule is Cc1ccc(F)cc1-c1nc(C)n(N)c1N. The third-order valence-corrected chi connectivity index (χ3v) is 2.58. The van der Waals surface area contributed by atoms with Crippen LogP contribution in [-0.4, -0.2) is 9.66 Å². The molecule has 0 amide bonds. The molecule has 0 bridgehead atoms. The molecule has 4 nitrogen and oxygen atoms in total. The first-order valence-electron chi connectivity index (χ1n) is 4.87. The number of aryl methyl sites for hydroxylation is 2. The van der Waals surface area contributed by atoms with Crippen LogP contribution in [0.4, 0.5) is 10.2 Å². The largest absolute Gasteiger partial charge is 0.382 e. The van der Waals surface area contributed by atoms with Crippen molar-refractivity contribution in [1.29, 1.82) is 0 Å². The van der Waals surface area contributed by atoms with E-state index in [-0.39, 0.29) is 5.82 Å². The van der Waals surface area contributed by atoms with Crippen molar-refractivity contribution in [3.63, 3.8) is 0 Å². The number of halogens is 1. The van der Waals surface area contributed by atoms with Crippen LogP contribution in [0.3, 0.4) is 0 Å². The molecule has 0 saturated carbocycles. The average Bonchev–Trinajstić information content (AvgIpc) is 2.50. The van der Waals surface area contributed by atoms with E-state index in [2.05, 4.69) is 4.98 Å². The lowest BCUT2D eigenvalue weighted by Gasteiger charge is -2.04. The molecule has 2 aromatic rings. The number of imidazole rings is 1. The molecule has 1 heterocycles. The molecule has 16 heavy (non-hydrogen) atoms. The van der Waals surface area contributed by atoms with E-state index in [1.165, 1.54) is 16.8 Å². The van der Waals surface area contributed by atoms with E-state index in [0.717, 1.165) is 5.56 Å². The minimum atomic E-state index is -0.316. The molecular formula is C11H13FN4. The van der Waals surface area contributed by atoms with Crippen molar-refractivity contribution in [3.8, 4) is 11.3 Å². The predicted molar refractivity (Wildman–Crippen MR) is 61.7 cm³/mol. The molecule has 0 saturated heterocycles. The summed E-state index contributed by atoms with van der Waals surface area (Å²) >= 11 is 0. The summed E-state index contributed by atoms with van der Waals surface area (Å²) in [6.07, 6.45) is 0. The highest BCUT2D eigenvalue weighted by atomic mass is 19.1. The maximum atomic E-state index is 13.2. The van der Waals surface area contributed by atoms with Gasteiger partial charge in [0.15, 0.2) is 5.82 Å². The molecule has 0 radical (unpaired) electrons. The monoisotopic (exact) mass is 220 g/mol. The summed E-state index contributed by atoms with van der Waals surface area (Å²) in [6, 6.07) is 4.50. The third kappa shape index (κ3) is 1.50. The summed E-state index contributed by atoms with van der Waals surface area (Å²) < 4.78 is 14.5. The van der Waals surface area contributed by atoms with Gasteiger partial charge in [-0.3, -0.25) is 0 Å². The summed E-state index contributed by atoms with van der Waals surface area (Å²) in [5, 5.41) is 0. The van der Waals surface area contributed by atoms with E-state index in [9.17, 15) is 4.39 Å². The summed E-state index contributed by atoms with van der Waals surface area (Å²) in [6.45, 7) is 3.62. The lowest BCUT2D eigenvalue weighted by Crippen LogP contribution is -2.13. The molecular weight excluding hydrogens is 207 g/mol. The highest BCUT2D eigenvalue weighted by molar-refractivity contribution is 5.73. The minimum absolute atomic E-state index is 0.316. The Bertz CT molecular complexity index is 545. The molecule has 84 valence electrons. The number of nitrogens with zero attached hydrogens (tertiary/aromatic N) is 2. The lowest BCUT2D eigenvalue weighted by atomic mass is 10.1. The zero-order chi connectivity index (χ0) is 11.9. The summed E-state index contributed by atoms with van der Waals surface area (Å²) in [4.78, 5) is 4.23. The van der Waals surface area contributed by atoms with Crippen LogP contribution < -0.4 is 11.6 Å². The first-order valence-corrected chi connectivity index (χ1v) is 4.87. The summed E-state index contributed by atoms with van der Waals surface area (Å²) in [7, 11) is 0. The van der Waals surface area contributed by atoms with E-state index in [4.69, 9.17) is 11.6 Å². The number of rotatable bonds is 1. The summed E-state index contributed by atoms with van der Waals surface area (Å²) in [5.41, 5.74) is 7.91. The number of aromatic nitrogens is 2. The molecule has 2 rings (SSSR count). The number of hydrogen-bond acceptors (Lipinski definition) is 3. The van der Waals surface area contributed by atoms with Crippen LogP contribution in [0.2, 0.25) is 0 Å². The second-order valence-corrected chi connectivity index (χ2v) is 3.72. The van der Waals surface area contributed by atoms with Gasteiger partial charge in [-0.15, -0.1) is 0 Å². The van der Waals surface area contributed by atoms with Crippen molar-refractivity contribution in [2.24, 2.45) is 0 Å². The van der Waals surface area contributed by atoms with E-state index in [1.54, 1.807) is 13.0 Å². The predicted octanol–water partition coefficient (Wildman–Crippen LogP) is 1.60. The highest BCUT2D eigenvalue weighted by Crippen LogP contribution is 2.28. The Morgan fingerprint density at radius 1 is 1.31 bits per heavy atom. The number of hydrogen-bond donors (Lipinski definition) is 2. The molecule has 0 aliphatic heterocycles. The van der Waals surface area contributed by atoms with E-state index < -0.39 is 0 Å². The fourth-order valence-corrected chi connectivity index (χ4v) is 1.61. The van der Waals surface area contributed by atoms with Gasteiger partial charge in [-0.2, -0.15) is 0 Å². The van der Waals surface area contributed by atoms with Gasteiger partial charge in [-0.1, -0.05) is 6.07 Å². The molecule has 0 fully saturated rings. The number of nitrogens with two attached hydrogens (primary N) is 2. The lowest BCUT2D eigenvalue weighted by molar-refractivity contribution is 0.628. The van der Waals surface area contributed by atoms with Gasteiger partial charge in [0.05, 0.1) is 0 Å². The molecule has 0 unspecified atom stereocenters. The van der Waals surface area contributed by atoms with Gasteiger partial charge in [0.2, 0.25) is 0 Å². The molecule has 1 aromatic carbocycles. The van der Waals surface area contributed by atoms with Crippen LogP contribution in [-0.2, 0) is 0 Å². The quantitative estimate of drug-likeness (QED) is 0.717. The van der Waals surface area contributed by atoms with Crippen molar-refractivity contribution >= 4 is 5.82 Å². The van der Waals surface area contributed by atoms with E-state index in [1.807, 2.05) is 6.92 Å². The first-order chi connectivity index (χ1) is 7.50. The van der Waals surface area contributed by atoms with Crippen molar-refractivity contribution in [3.05, 3.63) is 35.4 Å². The summed E-state index contributed by atoms with van der Waals surface area (Å²) in [5.74, 6) is 6.28. The molecule has 0 spiro atoms. The maximum Gasteiger partial charge on any atom is 0.150 e. The molecule has 1 aromatic heterocycles. The fraction of sp³-hybridized carbons (Fsp3) is 0.182. The second-order valence-electron chi connectivity index (χ2n) is 3.72. The van der Waals surface area contributed by atoms with Gasteiger partial charge < -0.3 is 11.6 Å². The van der Waals surface area contributed by atoms with Crippen molar-refractivity contribution in [1.82, 2.24) is 9.66 Å². The minimum Gasteiger partial charge on any atom is -0.382 e. The Hall–Kier alpha value is -2.04. The first kappa shape index (κ1) is 10.5. The standard InChI is InChI=1S/C11H13FN4/c1-6-3-4-8(12)5-9(6)10-11(13)16(14)7(2)15-10/h3-5H,13-14H2,1-2H3. The van der Waals surface area contributed by atoms with Gasteiger partial charge in [0.25, 0.3) is 0 Å². The second kappa shape index (κ2) is 3.52. The Morgan fingerprint density at radius 3 is 2.56 bits per heavy atom. The Morgan fingerprint density at radius 2 is 2.00 bits per heavy atom. The van der Waals surface area contributed by atoms with Crippen LogP contribution >= 0.6 is 0 Å². The molecule has 4 N–H and O–H groups in total. The van der Waals surface area contributed by atoms with Crippen molar-refractivity contribution < 1.29 is 4.39 Å². The van der Waals surface area contributed by atoms with E-state index in [0.29, 0.717) is 22.9 Å². The van der Waals surface area contributed by atoms with E-state index >= 15 is 0 Å². The molecule has 5 heteroatoms. The smallest absolute Gasteiger partial charge is 0.150 e. The highest BCUT2D eigenvalue weighted by Gasteiger charge is 2.14. The third-order valence-electron chi connectivity index (χ3n) is 2.58. The van der Waals surface area contributed by atoms with Gasteiger partial charge in [-0.05, 0) is 31.5 Å². The Kier molecular flexibility index (Phi) is 2.30. The van der Waals surface area contributed by atoms with Gasteiger partial charge in [0, 0.05) is 5.56 Å². The van der Waals surface area contributed by atoms with Crippen molar-refractivity contribution in [2.45, 2.75) is 13.8 Å². The van der Waals surface area contributed by atoms with Gasteiger partial charge in [0.1, 0.15) is 17.3 Å². The molecule has 0 aliphatic rings. The topological polar surface area (TPSA) is 69.9 Å². The Labute approximate surface area is 92.7 Å². The number of nitrogen functional groups attached to an aromatic ring is 2. The number of benzene rings is 1. The normalized spacial score (nSPS) is 10.7. The number of anilines is 1. The average molecular weight is 220 g/mol. The van der Waals surface area contributed by atoms with Crippen LogP contribution in [0.25, 0.3) is 11.3 Å². The van der Waals surface area contributed by atoms with Crippen LogP contribution in [0.5, 0.6) is 0 Å². The van der Waals surface area contributed by atoms with Crippen LogP contribution in [0.1, 0.15) is 11.4 Å². The fourth-order valence-electron chi connectivity index (χ4n) is 1.61. The van der Waals surface area contributed by atoms with Gasteiger partial charge in [-0.25, -0.2) is 14.1 Å². The van der Waals surface area contributed by atoms with Gasteiger partial charge >= 0.3 is 0 Å². The van der Waals surface area contributed by atoms with Crippen LogP contribution in [0, 0.1) is 19.7 Å². The molecule has 0 atom stereocenters. The molecule has 0 aliphatic carbocycles. The van der Waals surface area contributed by atoms with Crippen LogP contribution in [0.15, 0.2) is 18.2 Å². The Balaban J connectivity index is 2.67. The maximum absolute atomic E-state index is 13.2. The zero-order valence-corrected chi connectivity index (χ0v) is 9.16. The zero-order valence-electron chi connectivity index (χ0n) is 9.16.